The first-order chi connectivity index (χ1) is 5.29. The maximum atomic E-state index is 5.44. The summed E-state index contributed by atoms with van der Waals surface area (Å²) in [4.78, 5) is 0. The molecule has 1 aromatic carbocycles. The fraction of sp³-hybridized carbons (Fsp3) is 0.111. The lowest BCUT2D eigenvalue weighted by molar-refractivity contribution is 1.29. The zero-order valence-corrected chi connectivity index (χ0v) is 7.25. The number of para-hydroxylation sites is 1. The van der Waals surface area contributed by atoms with Gasteiger partial charge in [0.1, 0.15) is 0 Å². The van der Waals surface area contributed by atoms with Gasteiger partial charge in [-0.3, -0.25) is 0 Å². The van der Waals surface area contributed by atoms with Gasteiger partial charge in [0.05, 0.1) is 0 Å². The van der Waals surface area contributed by atoms with E-state index in [9.17, 15) is 0 Å². The SMILES string of the molecule is C/C(N)=C/Nc1ccccc1.N. The van der Waals surface area contributed by atoms with Gasteiger partial charge in [0.15, 0.2) is 0 Å². The first-order valence-electron chi connectivity index (χ1n) is 3.53. The van der Waals surface area contributed by atoms with Crippen LogP contribution >= 0.6 is 0 Å². The van der Waals surface area contributed by atoms with Gasteiger partial charge in [0, 0.05) is 17.6 Å². The average Bonchev–Trinajstić information content (AvgIpc) is 2.03. The van der Waals surface area contributed by atoms with Crippen LogP contribution in [-0.2, 0) is 0 Å². The van der Waals surface area contributed by atoms with Crippen molar-refractivity contribution in [3.63, 3.8) is 0 Å². The molecule has 0 atom stereocenters. The minimum Gasteiger partial charge on any atom is -0.401 e. The molecule has 0 amide bonds. The van der Waals surface area contributed by atoms with Gasteiger partial charge in [-0.15, -0.1) is 0 Å². The van der Waals surface area contributed by atoms with Gasteiger partial charge in [-0.1, -0.05) is 18.2 Å². The lowest BCUT2D eigenvalue weighted by atomic mass is 10.3. The van der Waals surface area contributed by atoms with Crippen molar-refractivity contribution >= 4 is 5.69 Å². The lowest BCUT2D eigenvalue weighted by Gasteiger charge is -1.99. The molecule has 0 bridgehead atoms. The Hall–Kier alpha value is -1.48. The molecule has 0 saturated carbocycles. The van der Waals surface area contributed by atoms with Crippen LogP contribution in [0.5, 0.6) is 0 Å². The van der Waals surface area contributed by atoms with Gasteiger partial charge in [-0.2, -0.15) is 0 Å². The van der Waals surface area contributed by atoms with E-state index in [1.165, 1.54) is 0 Å². The molecule has 0 aliphatic heterocycles. The normalized spacial score (nSPS) is 10.2. The fourth-order valence-electron chi connectivity index (χ4n) is 0.732. The number of allylic oxidation sites excluding steroid dienone is 1. The number of nitrogens with two attached hydrogens (primary N) is 1. The monoisotopic (exact) mass is 165 g/mol. The minimum absolute atomic E-state index is 0. The van der Waals surface area contributed by atoms with Crippen molar-refractivity contribution in [1.29, 1.82) is 0 Å². The van der Waals surface area contributed by atoms with E-state index in [1.54, 1.807) is 6.20 Å². The second-order valence-electron chi connectivity index (χ2n) is 2.40. The Morgan fingerprint density at radius 1 is 1.33 bits per heavy atom. The first-order valence-corrected chi connectivity index (χ1v) is 3.53. The number of anilines is 1. The van der Waals surface area contributed by atoms with E-state index in [1.807, 2.05) is 37.3 Å². The highest BCUT2D eigenvalue weighted by molar-refractivity contribution is 5.45. The third-order valence-corrected chi connectivity index (χ3v) is 1.24. The second kappa shape index (κ2) is 5.21. The van der Waals surface area contributed by atoms with Crippen molar-refractivity contribution in [1.82, 2.24) is 6.15 Å². The van der Waals surface area contributed by atoms with Crippen molar-refractivity contribution in [2.45, 2.75) is 6.92 Å². The second-order valence-corrected chi connectivity index (χ2v) is 2.40. The number of benzene rings is 1. The Labute approximate surface area is 72.9 Å². The molecule has 6 N–H and O–H groups in total. The van der Waals surface area contributed by atoms with Gasteiger partial charge in [0.2, 0.25) is 0 Å². The average molecular weight is 165 g/mol. The summed E-state index contributed by atoms with van der Waals surface area (Å²) in [6.45, 7) is 1.84. The van der Waals surface area contributed by atoms with Crippen LogP contribution in [-0.4, -0.2) is 0 Å². The zero-order valence-electron chi connectivity index (χ0n) is 7.25. The van der Waals surface area contributed by atoms with Crippen LogP contribution in [0.25, 0.3) is 0 Å². The Balaban J connectivity index is 0.00000121. The Bertz CT molecular complexity index is 237. The smallest absolute Gasteiger partial charge is 0.0380 e. The predicted octanol–water partition coefficient (Wildman–Crippen LogP) is 2.08. The van der Waals surface area contributed by atoms with E-state index in [4.69, 9.17) is 5.73 Å². The van der Waals surface area contributed by atoms with Gasteiger partial charge in [-0.25, -0.2) is 0 Å². The highest BCUT2D eigenvalue weighted by Gasteiger charge is 1.83. The summed E-state index contributed by atoms with van der Waals surface area (Å²) in [5.74, 6) is 0. The first kappa shape index (κ1) is 10.5. The van der Waals surface area contributed by atoms with E-state index in [-0.39, 0.29) is 6.15 Å². The van der Waals surface area contributed by atoms with Crippen molar-refractivity contribution in [2.24, 2.45) is 5.73 Å². The molecule has 0 unspecified atom stereocenters. The van der Waals surface area contributed by atoms with E-state index in [2.05, 4.69) is 5.32 Å². The third-order valence-electron chi connectivity index (χ3n) is 1.24. The van der Waals surface area contributed by atoms with Crippen LogP contribution in [0.1, 0.15) is 6.92 Å². The fourth-order valence-corrected chi connectivity index (χ4v) is 0.732. The molecule has 3 heteroatoms. The van der Waals surface area contributed by atoms with Crippen molar-refractivity contribution < 1.29 is 0 Å². The quantitative estimate of drug-likeness (QED) is 0.628. The molecule has 66 valence electrons. The Morgan fingerprint density at radius 3 is 2.42 bits per heavy atom. The van der Waals surface area contributed by atoms with E-state index >= 15 is 0 Å². The van der Waals surface area contributed by atoms with Crippen molar-refractivity contribution in [3.05, 3.63) is 42.2 Å². The minimum atomic E-state index is 0. The Kier molecular flexibility index (Phi) is 4.57. The van der Waals surface area contributed by atoms with Gasteiger partial charge in [0.25, 0.3) is 0 Å². The summed E-state index contributed by atoms with van der Waals surface area (Å²) in [5, 5.41) is 3.06. The van der Waals surface area contributed by atoms with E-state index < -0.39 is 0 Å². The highest BCUT2D eigenvalue weighted by atomic mass is 14.8. The lowest BCUT2D eigenvalue weighted by Crippen LogP contribution is -1.95. The van der Waals surface area contributed by atoms with Crippen LogP contribution in [0.3, 0.4) is 0 Å². The molecule has 0 spiro atoms. The molecule has 0 aliphatic carbocycles. The van der Waals surface area contributed by atoms with Crippen molar-refractivity contribution in [2.75, 3.05) is 5.32 Å². The maximum Gasteiger partial charge on any atom is 0.0380 e. The number of nitrogens with one attached hydrogen (secondary N) is 1. The van der Waals surface area contributed by atoms with Crippen LogP contribution in [0, 0.1) is 0 Å². The van der Waals surface area contributed by atoms with Gasteiger partial charge >= 0.3 is 0 Å². The molecule has 0 saturated heterocycles. The largest absolute Gasteiger partial charge is 0.401 e. The summed E-state index contributed by atoms with van der Waals surface area (Å²) < 4.78 is 0. The van der Waals surface area contributed by atoms with Crippen LogP contribution < -0.4 is 17.2 Å². The molecule has 1 aromatic rings. The number of rotatable bonds is 2. The number of hydrogen-bond donors (Lipinski definition) is 3. The van der Waals surface area contributed by atoms with Crippen molar-refractivity contribution in [3.8, 4) is 0 Å². The van der Waals surface area contributed by atoms with Crippen LogP contribution in [0.2, 0.25) is 0 Å². The summed E-state index contributed by atoms with van der Waals surface area (Å²) in [6.07, 6.45) is 1.77. The standard InChI is InChI=1S/C9H12N2.H3N/c1-8(10)7-11-9-5-3-2-4-6-9;/h2-7,11H,10H2,1H3;1H3/b8-7-;. The van der Waals surface area contributed by atoms with Crippen LogP contribution in [0.15, 0.2) is 42.2 Å². The molecule has 0 heterocycles. The zero-order chi connectivity index (χ0) is 8.10. The molecule has 3 nitrogen and oxygen atoms in total. The molecule has 0 fully saturated rings. The maximum absolute atomic E-state index is 5.44. The Morgan fingerprint density at radius 2 is 1.92 bits per heavy atom. The molecular formula is C9H15N3. The summed E-state index contributed by atoms with van der Waals surface area (Å²) in [6, 6.07) is 9.90. The van der Waals surface area contributed by atoms with E-state index in [0.717, 1.165) is 11.4 Å². The summed E-state index contributed by atoms with van der Waals surface area (Å²) >= 11 is 0. The molecule has 0 aliphatic rings. The molecule has 12 heavy (non-hydrogen) atoms. The van der Waals surface area contributed by atoms with E-state index in [0.29, 0.717) is 0 Å². The molecule has 0 aromatic heterocycles. The predicted molar refractivity (Wildman–Crippen MR) is 53.0 cm³/mol. The topological polar surface area (TPSA) is 73.0 Å². The molecule has 0 radical (unpaired) electrons. The van der Waals surface area contributed by atoms with Gasteiger partial charge < -0.3 is 17.2 Å². The molecular weight excluding hydrogens is 150 g/mol. The van der Waals surface area contributed by atoms with Crippen LogP contribution in [0.4, 0.5) is 5.69 Å². The summed E-state index contributed by atoms with van der Waals surface area (Å²) in [5.41, 5.74) is 7.26. The number of hydrogen-bond acceptors (Lipinski definition) is 3. The third kappa shape index (κ3) is 3.63. The van der Waals surface area contributed by atoms with Gasteiger partial charge in [-0.05, 0) is 19.1 Å². The highest BCUT2D eigenvalue weighted by Crippen LogP contribution is 2.04. The molecule has 1 rings (SSSR count). The summed E-state index contributed by atoms with van der Waals surface area (Å²) in [7, 11) is 0.